The third kappa shape index (κ3) is 3.73. The maximum absolute atomic E-state index is 11.6. The van der Waals surface area contributed by atoms with Crippen LogP contribution in [0.25, 0.3) is 0 Å². The van der Waals surface area contributed by atoms with Crippen LogP contribution in [0.15, 0.2) is 11.8 Å². The maximum Gasteiger partial charge on any atom is 0.150 e. The molecule has 1 saturated carbocycles. The number of ether oxygens (including phenoxy) is 1. The molecular weight excluding hydrogens is 236 g/mol. The summed E-state index contributed by atoms with van der Waals surface area (Å²) < 4.78 is 28.8. The Labute approximate surface area is 104 Å². The van der Waals surface area contributed by atoms with Crippen LogP contribution in [0.5, 0.6) is 0 Å². The van der Waals surface area contributed by atoms with Crippen molar-refractivity contribution in [1.29, 1.82) is 0 Å². The Morgan fingerprint density at radius 2 is 2.00 bits per heavy atom. The lowest BCUT2D eigenvalue weighted by molar-refractivity contribution is 0.103. The van der Waals surface area contributed by atoms with Gasteiger partial charge in [0.1, 0.15) is 0 Å². The number of rotatable bonds is 3. The predicted octanol–water partition coefficient (Wildman–Crippen LogP) is 2.67. The van der Waals surface area contributed by atoms with Crippen LogP contribution in [0.3, 0.4) is 0 Å². The van der Waals surface area contributed by atoms with E-state index in [-0.39, 0.29) is 12.0 Å². The SMILES string of the molecule is CC(OC=C1CCCC1)C1CCCS(=O)(=O)C1. The lowest BCUT2D eigenvalue weighted by atomic mass is 10.00. The van der Waals surface area contributed by atoms with Gasteiger partial charge in [-0.1, -0.05) is 0 Å². The van der Waals surface area contributed by atoms with Crippen molar-refractivity contribution in [1.82, 2.24) is 0 Å². The molecule has 0 N–H and O–H groups in total. The van der Waals surface area contributed by atoms with Gasteiger partial charge in [0.2, 0.25) is 0 Å². The first-order valence-corrected chi connectivity index (χ1v) is 8.43. The molecule has 2 rings (SSSR count). The van der Waals surface area contributed by atoms with E-state index in [4.69, 9.17) is 4.74 Å². The van der Waals surface area contributed by atoms with E-state index < -0.39 is 9.84 Å². The zero-order valence-electron chi connectivity index (χ0n) is 10.5. The normalized spacial score (nSPS) is 29.9. The number of sulfone groups is 1. The van der Waals surface area contributed by atoms with Gasteiger partial charge in [-0.05, 0) is 51.0 Å². The average Bonchev–Trinajstić information content (AvgIpc) is 2.77. The predicted molar refractivity (Wildman–Crippen MR) is 68.5 cm³/mol. The van der Waals surface area contributed by atoms with E-state index in [0.717, 1.165) is 25.7 Å². The summed E-state index contributed by atoms with van der Waals surface area (Å²) in [7, 11) is -2.81. The van der Waals surface area contributed by atoms with E-state index >= 15 is 0 Å². The molecule has 0 aromatic heterocycles. The molecule has 1 aliphatic carbocycles. The molecule has 0 aromatic rings. The van der Waals surface area contributed by atoms with Crippen molar-refractivity contribution in [3.05, 3.63) is 11.8 Å². The molecule has 1 heterocycles. The van der Waals surface area contributed by atoms with E-state index in [1.165, 1.54) is 18.4 Å². The molecule has 2 unspecified atom stereocenters. The summed E-state index contributed by atoms with van der Waals surface area (Å²) in [6, 6.07) is 0. The second kappa shape index (κ2) is 5.42. The lowest BCUT2D eigenvalue weighted by Gasteiger charge is -2.27. The highest BCUT2D eigenvalue weighted by molar-refractivity contribution is 7.91. The molecule has 4 heteroatoms. The van der Waals surface area contributed by atoms with Crippen LogP contribution >= 0.6 is 0 Å². The first-order valence-electron chi connectivity index (χ1n) is 6.61. The van der Waals surface area contributed by atoms with Gasteiger partial charge in [0, 0.05) is 5.92 Å². The Hall–Kier alpha value is -0.510. The number of hydrogen-bond acceptors (Lipinski definition) is 3. The van der Waals surface area contributed by atoms with E-state index in [9.17, 15) is 8.42 Å². The van der Waals surface area contributed by atoms with Gasteiger partial charge in [0.15, 0.2) is 9.84 Å². The van der Waals surface area contributed by atoms with E-state index in [0.29, 0.717) is 11.5 Å². The second-order valence-electron chi connectivity index (χ2n) is 5.34. The third-order valence-corrected chi connectivity index (χ3v) is 5.70. The molecular formula is C13H22O3S. The van der Waals surface area contributed by atoms with Crippen molar-refractivity contribution >= 4 is 9.84 Å². The molecule has 0 amide bonds. The summed E-state index contributed by atoms with van der Waals surface area (Å²) in [5.41, 5.74) is 1.38. The molecule has 17 heavy (non-hydrogen) atoms. The number of allylic oxidation sites excluding steroid dienone is 1. The summed E-state index contributed by atoms with van der Waals surface area (Å²) in [6.07, 6.45) is 8.51. The molecule has 0 radical (unpaired) electrons. The minimum atomic E-state index is -2.81. The molecule has 0 spiro atoms. The van der Waals surface area contributed by atoms with Crippen molar-refractivity contribution in [2.75, 3.05) is 11.5 Å². The standard InChI is InChI=1S/C13H22O3S/c1-11(16-9-12-5-2-3-6-12)13-7-4-8-17(14,15)10-13/h9,11,13H,2-8,10H2,1H3. The van der Waals surface area contributed by atoms with Gasteiger partial charge < -0.3 is 4.74 Å². The molecule has 3 nitrogen and oxygen atoms in total. The maximum atomic E-state index is 11.6. The van der Waals surface area contributed by atoms with Crippen LogP contribution < -0.4 is 0 Å². The van der Waals surface area contributed by atoms with Crippen LogP contribution in [0.2, 0.25) is 0 Å². The molecule has 98 valence electrons. The van der Waals surface area contributed by atoms with Crippen molar-refractivity contribution < 1.29 is 13.2 Å². The topological polar surface area (TPSA) is 43.4 Å². The Bertz CT molecular complexity index is 375. The van der Waals surface area contributed by atoms with Gasteiger partial charge in [-0.3, -0.25) is 0 Å². The van der Waals surface area contributed by atoms with E-state index in [1.54, 1.807) is 0 Å². The van der Waals surface area contributed by atoms with Gasteiger partial charge >= 0.3 is 0 Å². The number of hydrogen-bond donors (Lipinski definition) is 0. The Balaban J connectivity index is 1.86. The van der Waals surface area contributed by atoms with Gasteiger partial charge in [0.05, 0.1) is 23.9 Å². The molecule has 0 bridgehead atoms. The van der Waals surface area contributed by atoms with Crippen LogP contribution in [0.1, 0.15) is 45.4 Å². The molecule has 0 aromatic carbocycles. The van der Waals surface area contributed by atoms with Gasteiger partial charge in [-0.2, -0.15) is 0 Å². The van der Waals surface area contributed by atoms with Crippen LogP contribution in [0.4, 0.5) is 0 Å². The summed E-state index contributed by atoms with van der Waals surface area (Å²) in [5.74, 6) is 0.835. The molecule has 2 atom stereocenters. The van der Waals surface area contributed by atoms with Gasteiger partial charge in [-0.15, -0.1) is 0 Å². The van der Waals surface area contributed by atoms with E-state index in [2.05, 4.69) is 0 Å². The van der Waals surface area contributed by atoms with Crippen molar-refractivity contribution in [2.45, 2.75) is 51.6 Å². The van der Waals surface area contributed by atoms with Crippen molar-refractivity contribution in [3.63, 3.8) is 0 Å². The molecule has 1 saturated heterocycles. The highest BCUT2D eigenvalue weighted by atomic mass is 32.2. The molecule has 1 aliphatic heterocycles. The second-order valence-corrected chi connectivity index (χ2v) is 7.57. The summed E-state index contributed by atoms with van der Waals surface area (Å²) in [6.45, 7) is 2.00. The quantitative estimate of drug-likeness (QED) is 0.731. The van der Waals surface area contributed by atoms with Crippen LogP contribution in [0, 0.1) is 5.92 Å². The van der Waals surface area contributed by atoms with E-state index in [1.807, 2.05) is 13.2 Å². The van der Waals surface area contributed by atoms with Gasteiger partial charge in [-0.25, -0.2) is 8.42 Å². The Morgan fingerprint density at radius 1 is 1.29 bits per heavy atom. The summed E-state index contributed by atoms with van der Waals surface area (Å²) >= 11 is 0. The first kappa shape index (κ1) is 12.9. The van der Waals surface area contributed by atoms with Crippen molar-refractivity contribution in [3.8, 4) is 0 Å². The zero-order chi connectivity index (χ0) is 12.3. The Kier molecular flexibility index (Phi) is 4.13. The average molecular weight is 258 g/mol. The van der Waals surface area contributed by atoms with Crippen LogP contribution in [-0.4, -0.2) is 26.0 Å². The molecule has 2 fully saturated rings. The highest BCUT2D eigenvalue weighted by Crippen LogP contribution is 2.26. The third-order valence-electron chi connectivity index (χ3n) is 3.86. The van der Waals surface area contributed by atoms with Crippen molar-refractivity contribution in [2.24, 2.45) is 5.92 Å². The van der Waals surface area contributed by atoms with Gasteiger partial charge in [0.25, 0.3) is 0 Å². The summed E-state index contributed by atoms with van der Waals surface area (Å²) in [4.78, 5) is 0. The lowest BCUT2D eigenvalue weighted by Crippen LogP contribution is -2.32. The minimum absolute atomic E-state index is 0.0261. The largest absolute Gasteiger partial charge is 0.498 e. The Morgan fingerprint density at radius 3 is 2.65 bits per heavy atom. The first-order chi connectivity index (χ1) is 8.07. The smallest absolute Gasteiger partial charge is 0.150 e. The monoisotopic (exact) mass is 258 g/mol. The fourth-order valence-corrected chi connectivity index (χ4v) is 4.55. The molecule has 2 aliphatic rings. The fraction of sp³-hybridized carbons (Fsp3) is 0.846. The fourth-order valence-electron chi connectivity index (χ4n) is 2.69. The summed E-state index contributed by atoms with van der Waals surface area (Å²) in [5, 5.41) is 0. The zero-order valence-corrected chi connectivity index (χ0v) is 11.3. The minimum Gasteiger partial charge on any atom is -0.498 e. The van der Waals surface area contributed by atoms with Crippen LogP contribution in [-0.2, 0) is 14.6 Å². The highest BCUT2D eigenvalue weighted by Gasteiger charge is 2.29.